The Morgan fingerprint density at radius 1 is 0.833 bits per heavy atom. The van der Waals surface area contributed by atoms with Crippen molar-refractivity contribution in [2.75, 3.05) is 0 Å². The van der Waals surface area contributed by atoms with Gasteiger partial charge in [0.1, 0.15) is 5.75 Å². The zero-order chi connectivity index (χ0) is 17.1. The summed E-state index contributed by atoms with van der Waals surface area (Å²) in [6.07, 6.45) is 0.936. The van der Waals surface area contributed by atoms with E-state index in [2.05, 4.69) is 63.2 Å². The lowest BCUT2D eigenvalue weighted by Gasteiger charge is -2.15. The smallest absolute Gasteiger partial charge is 0.115 e. The summed E-state index contributed by atoms with van der Waals surface area (Å²) in [7, 11) is 0. The molecule has 0 heterocycles. The Kier molecular flexibility index (Phi) is 4.71. The normalized spacial score (nSPS) is 11.0. The fraction of sp³-hybridized carbons (Fsp3) is 0.217. The molecular weight excluding hydrogens is 292 g/mol. The Bertz CT molecular complexity index is 829. The van der Waals surface area contributed by atoms with Gasteiger partial charge in [-0.15, -0.1) is 0 Å². The minimum Gasteiger partial charge on any atom is -0.508 e. The second-order valence-corrected chi connectivity index (χ2v) is 6.79. The van der Waals surface area contributed by atoms with Crippen LogP contribution in [-0.2, 0) is 6.42 Å². The molecule has 3 aromatic carbocycles. The van der Waals surface area contributed by atoms with E-state index in [9.17, 15) is 5.11 Å². The van der Waals surface area contributed by atoms with Crippen LogP contribution in [0.25, 0.3) is 11.1 Å². The quantitative estimate of drug-likeness (QED) is 0.618. The minimum atomic E-state index is 0.306. The molecule has 0 aliphatic heterocycles. The van der Waals surface area contributed by atoms with Crippen LogP contribution in [0.15, 0.2) is 66.7 Å². The summed E-state index contributed by atoms with van der Waals surface area (Å²) in [5.74, 6) is 0.766. The molecule has 0 fully saturated rings. The van der Waals surface area contributed by atoms with Crippen LogP contribution in [-0.4, -0.2) is 5.11 Å². The van der Waals surface area contributed by atoms with Crippen LogP contribution >= 0.6 is 0 Å². The number of aryl methyl sites for hydroxylation is 1. The third-order valence-electron chi connectivity index (χ3n) is 4.41. The van der Waals surface area contributed by atoms with Crippen molar-refractivity contribution in [3.63, 3.8) is 0 Å². The minimum absolute atomic E-state index is 0.306. The van der Waals surface area contributed by atoms with Gasteiger partial charge in [-0.1, -0.05) is 74.0 Å². The van der Waals surface area contributed by atoms with Gasteiger partial charge in [-0.05, 0) is 59.2 Å². The van der Waals surface area contributed by atoms with Gasteiger partial charge in [-0.3, -0.25) is 0 Å². The number of phenols is 1. The topological polar surface area (TPSA) is 20.2 Å². The van der Waals surface area contributed by atoms with Crippen LogP contribution in [0.3, 0.4) is 0 Å². The monoisotopic (exact) mass is 316 g/mol. The van der Waals surface area contributed by atoms with Gasteiger partial charge in [-0.2, -0.15) is 0 Å². The van der Waals surface area contributed by atoms with E-state index in [1.807, 2.05) is 12.1 Å². The van der Waals surface area contributed by atoms with Crippen molar-refractivity contribution in [1.29, 1.82) is 0 Å². The van der Waals surface area contributed by atoms with E-state index >= 15 is 0 Å². The van der Waals surface area contributed by atoms with Gasteiger partial charge in [0.05, 0.1) is 0 Å². The Hall–Kier alpha value is -2.54. The van der Waals surface area contributed by atoms with Gasteiger partial charge in [0, 0.05) is 0 Å². The summed E-state index contributed by atoms with van der Waals surface area (Å²) in [6, 6.07) is 23.0. The highest BCUT2D eigenvalue weighted by Gasteiger charge is 2.10. The molecule has 0 amide bonds. The fourth-order valence-electron chi connectivity index (χ4n) is 3.17. The second-order valence-electron chi connectivity index (χ2n) is 6.79. The van der Waals surface area contributed by atoms with Crippen molar-refractivity contribution in [3.8, 4) is 16.9 Å². The first-order valence-corrected chi connectivity index (χ1v) is 8.50. The first-order valence-electron chi connectivity index (χ1n) is 8.50. The molecule has 24 heavy (non-hydrogen) atoms. The Labute approximate surface area is 144 Å². The third kappa shape index (κ3) is 3.68. The van der Waals surface area contributed by atoms with E-state index in [1.54, 1.807) is 12.1 Å². The Balaban J connectivity index is 2.01. The van der Waals surface area contributed by atoms with Gasteiger partial charge in [0.2, 0.25) is 0 Å². The molecule has 0 aliphatic rings. The Morgan fingerprint density at radius 2 is 1.54 bits per heavy atom. The fourth-order valence-corrected chi connectivity index (χ4v) is 3.17. The summed E-state index contributed by atoms with van der Waals surface area (Å²) in [5, 5.41) is 9.56. The van der Waals surface area contributed by atoms with Crippen molar-refractivity contribution in [1.82, 2.24) is 0 Å². The summed E-state index contributed by atoms with van der Waals surface area (Å²) in [4.78, 5) is 0. The molecule has 0 saturated carbocycles. The van der Waals surface area contributed by atoms with Gasteiger partial charge < -0.3 is 5.11 Å². The van der Waals surface area contributed by atoms with Crippen molar-refractivity contribution in [2.45, 2.75) is 33.1 Å². The number of benzene rings is 3. The molecule has 0 radical (unpaired) electrons. The van der Waals surface area contributed by atoms with Crippen molar-refractivity contribution >= 4 is 0 Å². The first-order chi connectivity index (χ1) is 11.5. The van der Waals surface area contributed by atoms with Gasteiger partial charge in [-0.25, -0.2) is 0 Å². The van der Waals surface area contributed by atoms with Crippen LogP contribution in [0.4, 0.5) is 0 Å². The van der Waals surface area contributed by atoms with Gasteiger partial charge in [0.25, 0.3) is 0 Å². The molecular formula is C23H24O. The lowest BCUT2D eigenvalue weighted by atomic mass is 9.89. The average Bonchev–Trinajstić information content (AvgIpc) is 2.55. The van der Waals surface area contributed by atoms with E-state index in [1.165, 1.54) is 27.8 Å². The lowest BCUT2D eigenvalue weighted by molar-refractivity contribution is 0.475. The van der Waals surface area contributed by atoms with E-state index in [0.717, 1.165) is 12.0 Å². The first kappa shape index (κ1) is 16.3. The zero-order valence-electron chi connectivity index (χ0n) is 14.6. The maximum absolute atomic E-state index is 9.56. The van der Waals surface area contributed by atoms with Crippen LogP contribution in [0.1, 0.15) is 42.0 Å². The number of hydrogen-bond acceptors (Lipinski definition) is 1. The molecule has 3 rings (SSSR count). The molecule has 122 valence electrons. The summed E-state index contributed by atoms with van der Waals surface area (Å²) in [5.41, 5.74) is 7.70. The van der Waals surface area contributed by atoms with Gasteiger partial charge in [0.15, 0.2) is 0 Å². The summed E-state index contributed by atoms with van der Waals surface area (Å²) < 4.78 is 0. The van der Waals surface area contributed by atoms with Crippen LogP contribution in [0.5, 0.6) is 5.75 Å². The lowest BCUT2D eigenvalue weighted by Crippen LogP contribution is -1.96. The predicted octanol–water partition coefficient (Wildman–Crippen LogP) is 6.08. The number of aromatic hydroxyl groups is 1. The number of rotatable bonds is 4. The zero-order valence-corrected chi connectivity index (χ0v) is 14.6. The molecule has 1 heteroatoms. The number of phenolic OH excluding ortho intramolecular Hbond substituents is 1. The molecule has 0 atom stereocenters. The Morgan fingerprint density at radius 3 is 2.21 bits per heavy atom. The third-order valence-corrected chi connectivity index (χ3v) is 4.41. The van der Waals surface area contributed by atoms with Crippen LogP contribution in [0.2, 0.25) is 0 Å². The molecule has 0 saturated heterocycles. The summed E-state index contributed by atoms with van der Waals surface area (Å²) >= 11 is 0. The van der Waals surface area contributed by atoms with Crippen molar-refractivity contribution < 1.29 is 5.11 Å². The van der Waals surface area contributed by atoms with E-state index in [4.69, 9.17) is 0 Å². The highest BCUT2D eigenvalue weighted by Crippen LogP contribution is 2.31. The number of hydrogen-bond donors (Lipinski definition) is 1. The van der Waals surface area contributed by atoms with E-state index in [0.29, 0.717) is 11.7 Å². The van der Waals surface area contributed by atoms with Crippen molar-refractivity contribution in [3.05, 3.63) is 89.0 Å². The maximum Gasteiger partial charge on any atom is 0.115 e. The highest BCUT2D eigenvalue weighted by atomic mass is 16.3. The standard InChI is InChI=1S/C23H24O/c1-16(2)22-12-7-19(14-18-6-4-5-17(3)13-18)15-23(22)20-8-10-21(24)11-9-20/h4-13,15-16,24H,14H2,1-3H3. The molecule has 0 spiro atoms. The summed E-state index contributed by atoms with van der Waals surface area (Å²) in [6.45, 7) is 6.58. The molecule has 0 aliphatic carbocycles. The molecule has 0 unspecified atom stereocenters. The highest BCUT2D eigenvalue weighted by molar-refractivity contribution is 5.69. The predicted molar refractivity (Wildman–Crippen MR) is 102 cm³/mol. The van der Waals surface area contributed by atoms with E-state index < -0.39 is 0 Å². The van der Waals surface area contributed by atoms with Crippen LogP contribution in [0, 0.1) is 6.92 Å². The molecule has 0 bridgehead atoms. The molecule has 3 aromatic rings. The average molecular weight is 316 g/mol. The molecule has 1 nitrogen and oxygen atoms in total. The largest absolute Gasteiger partial charge is 0.508 e. The van der Waals surface area contributed by atoms with Crippen molar-refractivity contribution in [2.24, 2.45) is 0 Å². The SMILES string of the molecule is Cc1cccc(Cc2ccc(C(C)C)c(-c3ccc(O)cc3)c2)c1. The van der Waals surface area contributed by atoms with Crippen LogP contribution < -0.4 is 0 Å². The van der Waals surface area contributed by atoms with Gasteiger partial charge >= 0.3 is 0 Å². The molecule has 1 N–H and O–H groups in total. The van der Waals surface area contributed by atoms with E-state index in [-0.39, 0.29) is 0 Å². The second kappa shape index (κ2) is 6.92. The molecule has 0 aromatic heterocycles. The maximum atomic E-state index is 9.56.